The molecule has 0 aromatic rings. The number of unbranched alkanes of at least 4 members (excludes halogenated alkanes) is 26. The highest BCUT2D eigenvalue weighted by Gasteiger charge is 2.47. The lowest BCUT2D eigenvalue weighted by atomic mass is 9.98. The topological polar surface area (TPSA) is 214 Å². The van der Waals surface area contributed by atoms with Crippen molar-refractivity contribution in [3.05, 3.63) is 60.8 Å². The van der Waals surface area contributed by atoms with Gasteiger partial charge in [0.25, 0.3) is 0 Å². The zero-order valence-corrected chi connectivity index (χ0v) is 48.2. The predicted molar refractivity (Wildman–Crippen MR) is 307 cm³/mol. The predicted octanol–water partition coefficient (Wildman–Crippen LogP) is 11.6. The standard InChI is InChI=1S/C63H112O14/c1-3-5-7-9-11-13-15-17-19-21-23-24-25-26-27-28-29-30-32-34-36-38-40-42-44-46-55(65)75-52(49-72-47-45-43-41-39-37-35-33-31-22-20-18-16-14-12-10-8-6-4-2)50-73-62-61(71)59(69)57(67)54(77-62)51-74-63-60(70)58(68)56(66)53(48-64)76-63/h6,8,12,14,18,20-21,23,31,33,52-54,56-64,66-71H,3-5,7,9-11,13,15-17,19,22,24-30,32,34-51H2,1-2H3/b8-6-,14-12-,20-18-,23-21-,33-31-. The Balaban J connectivity index is 1.68. The van der Waals surface area contributed by atoms with E-state index in [1.165, 1.54) is 122 Å². The first-order chi connectivity index (χ1) is 37.6. The van der Waals surface area contributed by atoms with Crippen LogP contribution in [-0.2, 0) is 33.2 Å². The maximum Gasteiger partial charge on any atom is 0.306 e. The molecule has 11 atom stereocenters. The van der Waals surface area contributed by atoms with E-state index in [1.807, 2.05) is 0 Å². The molecule has 0 aromatic heterocycles. The third-order valence-electron chi connectivity index (χ3n) is 14.5. The number of carbonyl (C=O) groups is 1. The Kier molecular flexibility index (Phi) is 45.5. The molecule has 0 aromatic carbocycles. The molecule has 7 N–H and O–H groups in total. The molecule has 2 heterocycles. The van der Waals surface area contributed by atoms with Crippen molar-refractivity contribution in [2.75, 3.05) is 33.0 Å². The van der Waals surface area contributed by atoms with Gasteiger partial charge in [-0.1, -0.05) is 209 Å². The fourth-order valence-corrected chi connectivity index (χ4v) is 9.57. The van der Waals surface area contributed by atoms with Crippen molar-refractivity contribution >= 4 is 5.97 Å². The second-order valence-electron chi connectivity index (χ2n) is 21.5. The first-order valence-corrected chi connectivity index (χ1v) is 30.9. The van der Waals surface area contributed by atoms with E-state index in [9.17, 15) is 40.5 Å². The summed E-state index contributed by atoms with van der Waals surface area (Å²) in [5.74, 6) is -0.382. The molecule has 0 bridgehead atoms. The molecule has 2 fully saturated rings. The average molecular weight is 1090 g/mol. The second-order valence-corrected chi connectivity index (χ2v) is 21.5. The van der Waals surface area contributed by atoms with Gasteiger partial charge in [-0.05, 0) is 77.0 Å². The molecular formula is C63H112O14. The van der Waals surface area contributed by atoms with E-state index in [0.717, 1.165) is 83.5 Å². The molecule has 0 spiro atoms. The molecule has 14 heteroatoms. The number of aliphatic hydroxyl groups is 7. The van der Waals surface area contributed by atoms with Crippen LogP contribution in [0.15, 0.2) is 60.8 Å². The highest BCUT2D eigenvalue weighted by atomic mass is 16.7. The second kappa shape index (κ2) is 49.5. The maximum absolute atomic E-state index is 13.1. The number of esters is 1. The van der Waals surface area contributed by atoms with Gasteiger partial charge in [-0.2, -0.15) is 0 Å². The van der Waals surface area contributed by atoms with Crippen LogP contribution in [0.1, 0.15) is 232 Å². The Hall–Kier alpha value is -2.31. The van der Waals surface area contributed by atoms with Crippen molar-refractivity contribution in [1.29, 1.82) is 0 Å². The van der Waals surface area contributed by atoms with Crippen molar-refractivity contribution in [2.45, 2.75) is 300 Å². The van der Waals surface area contributed by atoms with Crippen molar-refractivity contribution < 1.29 is 69.0 Å². The molecular weight excluding hydrogens is 981 g/mol. The minimum absolute atomic E-state index is 0.0479. The summed E-state index contributed by atoms with van der Waals surface area (Å²) in [6, 6.07) is 0. The first kappa shape index (κ1) is 70.8. The first-order valence-electron chi connectivity index (χ1n) is 30.9. The summed E-state index contributed by atoms with van der Waals surface area (Å²) in [5, 5.41) is 72.4. The summed E-state index contributed by atoms with van der Waals surface area (Å²) >= 11 is 0. The molecule has 448 valence electrons. The van der Waals surface area contributed by atoms with E-state index in [1.54, 1.807) is 0 Å². The fraction of sp³-hybridized carbons (Fsp3) is 0.825. The molecule has 11 unspecified atom stereocenters. The van der Waals surface area contributed by atoms with Gasteiger partial charge in [-0.15, -0.1) is 0 Å². The molecule has 2 aliphatic rings. The van der Waals surface area contributed by atoms with E-state index in [0.29, 0.717) is 13.0 Å². The Morgan fingerprint density at radius 2 is 0.844 bits per heavy atom. The third kappa shape index (κ3) is 35.9. The summed E-state index contributed by atoms with van der Waals surface area (Å²) in [6.07, 6.45) is 45.7. The lowest BCUT2D eigenvalue weighted by Crippen LogP contribution is -2.61. The Labute approximate surface area is 466 Å². The molecule has 2 saturated heterocycles. The zero-order valence-electron chi connectivity index (χ0n) is 48.2. The minimum Gasteiger partial charge on any atom is -0.457 e. The van der Waals surface area contributed by atoms with Gasteiger partial charge < -0.3 is 64.2 Å². The minimum atomic E-state index is -1.71. The number of hydrogen-bond donors (Lipinski definition) is 7. The van der Waals surface area contributed by atoms with Crippen LogP contribution in [-0.4, -0.2) is 142 Å². The molecule has 2 aliphatic heterocycles. The normalized spacial score (nSPS) is 24.7. The summed E-state index contributed by atoms with van der Waals surface area (Å²) in [5.41, 5.74) is 0. The van der Waals surface area contributed by atoms with Gasteiger partial charge in [0.2, 0.25) is 0 Å². The summed E-state index contributed by atoms with van der Waals surface area (Å²) in [7, 11) is 0. The van der Waals surface area contributed by atoms with Crippen LogP contribution < -0.4 is 0 Å². The Morgan fingerprint density at radius 3 is 1.34 bits per heavy atom. The van der Waals surface area contributed by atoms with Crippen LogP contribution in [0.3, 0.4) is 0 Å². The van der Waals surface area contributed by atoms with Gasteiger partial charge >= 0.3 is 5.97 Å². The molecule has 0 saturated carbocycles. The number of aliphatic hydroxyl groups excluding tert-OH is 7. The molecule has 0 radical (unpaired) electrons. The average Bonchev–Trinajstić information content (AvgIpc) is 3.43. The van der Waals surface area contributed by atoms with Crippen LogP contribution in [0.25, 0.3) is 0 Å². The monoisotopic (exact) mass is 1090 g/mol. The largest absolute Gasteiger partial charge is 0.457 e. The lowest BCUT2D eigenvalue weighted by Gasteiger charge is -2.42. The summed E-state index contributed by atoms with van der Waals surface area (Å²) < 4.78 is 34.4. The van der Waals surface area contributed by atoms with Crippen molar-refractivity contribution in [1.82, 2.24) is 0 Å². The van der Waals surface area contributed by atoms with Gasteiger partial charge in [-0.3, -0.25) is 4.79 Å². The third-order valence-corrected chi connectivity index (χ3v) is 14.5. The Morgan fingerprint density at radius 1 is 0.442 bits per heavy atom. The van der Waals surface area contributed by atoms with Crippen LogP contribution in [0, 0.1) is 0 Å². The van der Waals surface area contributed by atoms with Crippen LogP contribution >= 0.6 is 0 Å². The Bertz CT molecular complexity index is 1500. The summed E-state index contributed by atoms with van der Waals surface area (Å²) in [6.45, 7) is 3.55. The van der Waals surface area contributed by atoms with E-state index >= 15 is 0 Å². The van der Waals surface area contributed by atoms with Crippen LogP contribution in [0.2, 0.25) is 0 Å². The van der Waals surface area contributed by atoms with Crippen LogP contribution in [0.5, 0.6) is 0 Å². The van der Waals surface area contributed by atoms with Gasteiger partial charge in [0.05, 0.1) is 26.4 Å². The molecule has 2 rings (SSSR count). The number of allylic oxidation sites excluding steroid dienone is 10. The zero-order chi connectivity index (χ0) is 55.8. The quantitative estimate of drug-likeness (QED) is 0.0172. The highest BCUT2D eigenvalue weighted by molar-refractivity contribution is 5.69. The molecule has 77 heavy (non-hydrogen) atoms. The number of carbonyl (C=O) groups excluding carboxylic acids is 1. The van der Waals surface area contributed by atoms with Gasteiger partial charge in [0.1, 0.15) is 54.9 Å². The van der Waals surface area contributed by atoms with Crippen molar-refractivity contribution in [2.24, 2.45) is 0 Å². The number of hydrogen-bond acceptors (Lipinski definition) is 14. The summed E-state index contributed by atoms with van der Waals surface area (Å²) in [4.78, 5) is 13.1. The van der Waals surface area contributed by atoms with Gasteiger partial charge in [-0.25, -0.2) is 0 Å². The van der Waals surface area contributed by atoms with Gasteiger partial charge in [0, 0.05) is 13.0 Å². The smallest absolute Gasteiger partial charge is 0.306 e. The SMILES string of the molecule is CC/C=C\C/C=C\C/C=C\C/C=C\CCCCCCCOCC(COC1OC(COC2OC(CO)C(O)C(O)C2O)C(O)C(O)C1O)OC(=O)CCCCCCCCCCCCCCC/C=C\CCCCCCCCCC. The fourth-order valence-electron chi connectivity index (χ4n) is 9.57. The van der Waals surface area contributed by atoms with E-state index in [4.69, 9.17) is 28.4 Å². The van der Waals surface area contributed by atoms with E-state index in [2.05, 4.69) is 74.6 Å². The highest BCUT2D eigenvalue weighted by Crippen LogP contribution is 2.27. The lowest BCUT2D eigenvalue weighted by molar-refractivity contribution is -0.332. The van der Waals surface area contributed by atoms with Gasteiger partial charge in [0.15, 0.2) is 12.6 Å². The molecule has 14 nitrogen and oxygen atoms in total. The number of ether oxygens (including phenoxy) is 6. The van der Waals surface area contributed by atoms with E-state index in [-0.39, 0.29) is 25.6 Å². The molecule has 0 aliphatic carbocycles. The maximum atomic E-state index is 13.1. The van der Waals surface area contributed by atoms with Crippen molar-refractivity contribution in [3.8, 4) is 0 Å². The van der Waals surface area contributed by atoms with Crippen LogP contribution in [0.4, 0.5) is 0 Å². The molecule has 0 amide bonds. The van der Waals surface area contributed by atoms with Crippen molar-refractivity contribution in [3.63, 3.8) is 0 Å². The van der Waals surface area contributed by atoms with E-state index < -0.39 is 80.7 Å². The number of rotatable bonds is 50.